The molecule has 4 rings (SSSR count). The lowest BCUT2D eigenvalue weighted by Gasteiger charge is -2.15. The zero-order valence-corrected chi connectivity index (χ0v) is 12.7. The smallest absolute Gasteiger partial charge is 0.157 e. The Kier molecular flexibility index (Phi) is 3.46. The molecule has 1 N–H and O–H groups in total. The highest BCUT2D eigenvalue weighted by Crippen LogP contribution is 2.25. The number of hydrogen-bond acceptors (Lipinski definition) is 4. The van der Waals surface area contributed by atoms with E-state index in [1.165, 1.54) is 17.9 Å². The monoisotopic (exact) mass is 314 g/mol. The van der Waals surface area contributed by atoms with E-state index in [0.717, 1.165) is 34.9 Å². The second kappa shape index (κ2) is 5.61. The van der Waals surface area contributed by atoms with Crippen LogP contribution in [0.3, 0.4) is 0 Å². The van der Waals surface area contributed by atoms with Crippen LogP contribution in [0, 0.1) is 5.82 Å². The molecule has 4 nitrogen and oxygen atoms in total. The Morgan fingerprint density at radius 2 is 2.09 bits per heavy atom. The van der Waals surface area contributed by atoms with Crippen molar-refractivity contribution in [2.24, 2.45) is 0 Å². The molecule has 3 heterocycles. The number of nitrogens with zero attached hydrogens (tertiary/aromatic N) is 3. The Hall–Kier alpha value is -2.08. The first kappa shape index (κ1) is 13.6. The van der Waals surface area contributed by atoms with Crippen LogP contribution < -0.4 is 5.32 Å². The van der Waals surface area contributed by atoms with Gasteiger partial charge in [-0.2, -0.15) is 21.4 Å². The normalized spacial score (nSPS) is 18.0. The van der Waals surface area contributed by atoms with Gasteiger partial charge in [-0.05, 0) is 36.4 Å². The van der Waals surface area contributed by atoms with E-state index < -0.39 is 0 Å². The van der Waals surface area contributed by atoms with Crippen molar-refractivity contribution < 1.29 is 4.39 Å². The van der Waals surface area contributed by atoms with Gasteiger partial charge in [0.25, 0.3) is 0 Å². The molecule has 0 spiro atoms. The van der Waals surface area contributed by atoms with Gasteiger partial charge in [0, 0.05) is 29.5 Å². The summed E-state index contributed by atoms with van der Waals surface area (Å²) in [6.07, 6.45) is 2.90. The van der Waals surface area contributed by atoms with E-state index in [4.69, 9.17) is 0 Å². The second-order valence-corrected chi connectivity index (χ2v) is 6.49. The van der Waals surface area contributed by atoms with Crippen molar-refractivity contribution in [1.82, 2.24) is 14.6 Å². The van der Waals surface area contributed by atoms with E-state index in [0.29, 0.717) is 6.04 Å². The third-order valence-electron chi connectivity index (χ3n) is 3.78. The third-order valence-corrected chi connectivity index (χ3v) is 4.94. The number of aromatic nitrogens is 3. The van der Waals surface area contributed by atoms with E-state index in [1.807, 2.05) is 28.4 Å². The van der Waals surface area contributed by atoms with Gasteiger partial charge in [0.2, 0.25) is 0 Å². The number of fused-ring (bicyclic) bond motifs is 1. The maximum atomic E-state index is 13.1. The highest BCUT2D eigenvalue weighted by atomic mass is 32.2. The van der Waals surface area contributed by atoms with Crippen molar-refractivity contribution in [2.75, 3.05) is 16.8 Å². The van der Waals surface area contributed by atoms with Crippen LogP contribution >= 0.6 is 11.8 Å². The molecule has 1 unspecified atom stereocenters. The topological polar surface area (TPSA) is 42.2 Å². The van der Waals surface area contributed by atoms with E-state index in [9.17, 15) is 4.39 Å². The Morgan fingerprint density at radius 3 is 2.86 bits per heavy atom. The van der Waals surface area contributed by atoms with Gasteiger partial charge < -0.3 is 5.32 Å². The summed E-state index contributed by atoms with van der Waals surface area (Å²) in [7, 11) is 0. The van der Waals surface area contributed by atoms with Crippen LogP contribution in [0.5, 0.6) is 0 Å². The summed E-state index contributed by atoms with van der Waals surface area (Å²) in [5.41, 5.74) is 2.50. The quantitative estimate of drug-likeness (QED) is 0.804. The van der Waals surface area contributed by atoms with Crippen LogP contribution in [0.15, 0.2) is 42.6 Å². The van der Waals surface area contributed by atoms with Gasteiger partial charge >= 0.3 is 0 Å². The maximum Gasteiger partial charge on any atom is 0.157 e. The molecule has 1 aliphatic heterocycles. The summed E-state index contributed by atoms with van der Waals surface area (Å²) in [6, 6.07) is 10.7. The van der Waals surface area contributed by atoms with Crippen LogP contribution in [-0.2, 0) is 0 Å². The van der Waals surface area contributed by atoms with Gasteiger partial charge in [-0.3, -0.25) is 0 Å². The number of anilines is 1. The minimum Gasteiger partial charge on any atom is -0.366 e. The molecule has 0 amide bonds. The molecule has 6 heteroatoms. The SMILES string of the molecule is Fc1ccc(-c2cc(NC3CCSC3)n3nccc3n2)cc1. The summed E-state index contributed by atoms with van der Waals surface area (Å²) >= 11 is 1.96. The lowest BCUT2D eigenvalue weighted by molar-refractivity contribution is 0.628. The molecule has 0 aliphatic carbocycles. The van der Waals surface area contributed by atoms with Gasteiger partial charge in [0.15, 0.2) is 5.65 Å². The molecule has 3 aromatic rings. The fraction of sp³-hybridized carbons (Fsp3) is 0.250. The zero-order valence-electron chi connectivity index (χ0n) is 11.9. The van der Waals surface area contributed by atoms with E-state index >= 15 is 0 Å². The van der Waals surface area contributed by atoms with Crippen molar-refractivity contribution in [3.05, 3.63) is 48.4 Å². The van der Waals surface area contributed by atoms with Crippen LogP contribution in [-0.4, -0.2) is 32.1 Å². The van der Waals surface area contributed by atoms with E-state index in [1.54, 1.807) is 18.3 Å². The Morgan fingerprint density at radius 1 is 1.23 bits per heavy atom. The number of halogens is 1. The zero-order chi connectivity index (χ0) is 14.9. The molecule has 22 heavy (non-hydrogen) atoms. The van der Waals surface area contributed by atoms with Crippen molar-refractivity contribution in [1.29, 1.82) is 0 Å². The van der Waals surface area contributed by atoms with Gasteiger partial charge in [0.1, 0.15) is 11.6 Å². The van der Waals surface area contributed by atoms with Gasteiger partial charge in [-0.25, -0.2) is 9.37 Å². The van der Waals surface area contributed by atoms with Crippen LogP contribution in [0.4, 0.5) is 10.2 Å². The predicted molar refractivity (Wildman–Crippen MR) is 87.7 cm³/mol. The van der Waals surface area contributed by atoms with Gasteiger partial charge in [-0.15, -0.1) is 0 Å². The lowest BCUT2D eigenvalue weighted by atomic mass is 10.1. The summed E-state index contributed by atoms with van der Waals surface area (Å²) in [4.78, 5) is 4.60. The lowest BCUT2D eigenvalue weighted by Crippen LogP contribution is -2.20. The molecular formula is C16H15FN4S. The first-order chi connectivity index (χ1) is 10.8. The van der Waals surface area contributed by atoms with Crippen molar-refractivity contribution >= 4 is 23.2 Å². The molecule has 1 fully saturated rings. The molecule has 1 aliphatic rings. The highest BCUT2D eigenvalue weighted by molar-refractivity contribution is 7.99. The van der Waals surface area contributed by atoms with Gasteiger partial charge in [0.05, 0.1) is 11.9 Å². The molecule has 1 saturated heterocycles. The summed E-state index contributed by atoms with van der Waals surface area (Å²) in [5.74, 6) is 2.99. The third kappa shape index (κ3) is 2.54. The second-order valence-electron chi connectivity index (χ2n) is 5.34. The molecule has 1 aromatic carbocycles. The average Bonchev–Trinajstić information content (AvgIpc) is 3.19. The van der Waals surface area contributed by atoms with Crippen molar-refractivity contribution in [2.45, 2.75) is 12.5 Å². The molecule has 0 bridgehead atoms. The summed E-state index contributed by atoms with van der Waals surface area (Å²) in [6.45, 7) is 0. The number of nitrogens with one attached hydrogen (secondary N) is 1. The number of thioether (sulfide) groups is 1. The molecule has 1 atom stereocenters. The number of hydrogen-bond donors (Lipinski definition) is 1. The van der Waals surface area contributed by atoms with Crippen molar-refractivity contribution in [3.8, 4) is 11.3 Å². The standard InChI is InChI=1S/C16H15FN4S/c17-12-3-1-11(2-4-12)14-9-16(19-13-6-8-22-10-13)21-15(20-14)5-7-18-21/h1-5,7,9,13,19H,6,8,10H2. The fourth-order valence-corrected chi connectivity index (χ4v) is 3.79. The first-order valence-electron chi connectivity index (χ1n) is 7.24. The van der Waals surface area contributed by atoms with Crippen LogP contribution in [0.25, 0.3) is 16.9 Å². The number of benzene rings is 1. The summed E-state index contributed by atoms with van der Waals surface area (Å²) in [5, 5.41) is 7.89. The Bertz CT molecular complexity index is 794. The highest BCUT2D eigenvalue weighted by Gasteiger charge is 2.17. The largest absolute Gasteiger partial charge is 0.366 e. The predicted octanol–water partition coefficient (Wildman–Crippen LogP) is 3.45. The maximum absolute atomic E-state index is 13.1. The average molecular weight is 314 g/mol. The minimum absolute atomic E-state index is 0.240. The molecule has 112 valence electrons. The molecule has 2 aromatic heterocycles. The van der Waals surface area contributed by atoms with Gasteiger partial charge in [-0.1, -0.05) is 0 Å². The summed E-state index contributed by atoms with van der Waals surface area (Å²) < 4.78 is 14.9. The fourth-order valence-electron chi connectivity index (χ4n) is 2.64. The Balaban J connectivity index is 1.77. The molecular weight excluding hydrogens is 299 g/mol. The Labute approximate surface area is 131 Å². The van der Waals surface area contributed by atoms with E-state index in [-0.39, 0.29) is 5.82 Å². The van der Waals surface area contributed by atoms with Crippen molar-refractivity contribution in [3.63, 3.8) is 0 Å². The molecule has 0 radical (unpaired) electrons. The first-order valence-corrected chi connectivity index (χ1v) is 8.40. The van der Waals surface area contributed by atoms with E-state index in [2.05, 4.69) is 15.4 Å². The van der Waals surface area contributed by atoms with Crippen LogP contribution in [0.2, 0.25) is 0 Å². The minimum atomic E-state index is -0.240. The van der Waals surface area contributed by atoms with Crippen LogP contribution in [0.1, 0.15) is 6.42 Å². The number of rotatable bonds is 3. The molecule has 0 saturated carbocycles.